The first kappa shape index (κ1) is 14.5. The molecule has 0 aliphatic rings. The van der Waals surface area contributed by atoms with Gasteiger partial charge in [0.25, 0.3) is 0 Å². The first-order valence-electron chi connectivity index (χ1n) is 4.37. The zero-order valence-electron chi connectivity index (χ0n) is 9.20. The smallest absolute Gasteiger partial charge is 0.121 e. The number of halogens is 2. The Balaban J connectivity index is 0.000000791. The molecule has 0 saturated heterocycles. The molecule has 0 radical (unpaired) electrons. The van der Waals surface area contributed by atoms with E-state index in [4.69, 9.17) is 0 Å². The van der Waals surface area contributed by atoms with Crippen molar-refractivity contribution in [3.8, 4) is 5.75 Å². The monoisotopic (exact) mass is 418 g/mol. The highest BCUT2D eigenvalue weighted by Gasteiger charge is 2.09. The van der Waals surface area contributed by atoms with E-state index < -0.39 is 0 Å². The van der Waals surface area contributed by atoms with Crippen molar-refractivity contribution in [3.05, 3.63) is 27.8 Å². The molecule has 0 amide bonds. The van der Waals surface area contributed by atoms with Crippen LogP contribution in [0.2, 0.25) is 0 Å². The maximum Gasteiger partial charge on any atom is 0.121 e. The Bertz CT molecular complexity index is 228. The molecule has 0 heterocycles. The largest absolute Gasteiger partial charge is 0.507 e. The van der Waals surface area contributed by atoms with Gasteiger partial charge in [0.05, 0.1) is 0 Å². The third-order valence-electron chi connectivity index (χ3n) is 2.96. The van der Waals surface area contributed by atoms with E-state index in [1.165, 1.54) is 16.7 Å². The number of hydrogen-bond acceptors (Lipinski definition) is 1. The fourth-order valence-corrected chi connectivity index (χ4v) is 1.48. The number of aromatic hydroxyl groups is 1. The van der Waals surface area contributed by atoms with E-state index in [9.17, 15) is 5.11 Å². The van der Waals surface area contributed by atoms with Crippen molar-refractivity contribution >= 4 is 37.2 Å². The lowest BCUT2D eigenvalue weighted by atomic mass is 9.94. The minimum Gasteiger partial charge on any atom is -0.507 e. The van der Waals surface area contributed by atoms with Gasteiger partial charge < -0.3 is 5.11 Å². The van der Waals surface area contributed by atoms with Gasteiger partial charge in [0.1, 0.15) is 5.75 Å². The summed E-state index contributed by atoms with van der Waals surface area (Å²) in [4.78, 5) is 0. The van der Waals surface area contributed by atoms with E-state index in [-0.39, 0.29) is 0 Å². The zero-order valence-corrected chi connectivity index (χ0v) is 13.5. The van der Waals surface area contributed by atoms with Crippen LogP contribution >= 0.6 is 37.2 Å². The van der Waals surface area contributed by atoms with Gasteiger partial charge >= 0.3 is 0 Å². The summed E-state index contributed by atoms with van der Waals surface area (Å²) in [5.74, 6) is 0.454. The van der Waals surface area contributed by atoms with Crippen LogP contribution in [0.15, 0.2) is 0 Å². The molecule has 1 nitrogen and oxygen atoms in total. The van der Waals surface area contributed by atoms with E-state index in [2.05, 4.69) is 58.0 Å². The summed E-state index contributed by atoms with van der Waals surface area (Å²) < 4.78 is 0. The molecule has 3 heteroatoms. The zero-order chi connectivity index (χ0) is 11.5. The van der Waals surface area contributed by atoms with Gasteiger partial charge in [-0.2, -0.15) is 0 Å². The van der Waals surface area contributed by atoms with E-state index in [0.717, 1.165) is 11.1 Å². The predicted molar refractivity (Wildman–Crippen MR) is 79.8 cm³/mol. The quantitative estimate of drug-likeness (QED) is 0.606. The summed E-state index contributed by atoms with van der Waals surface area (Å²) in [5.41, 5.74) is 5.72. The molecule has 0 aromatic heterocycles. The first-order chi connectivity index (χ1) is 6.46. The summed E-state index contributed by atoms with van der Waals surface area (Å²) in [7, 11) is 0. The summed E-state index contributed by atoms with van der Waals surface area (Å²) in [5, 5.41) is 9.69. The van der Waals surface area contributed by atoms with Crippen molar-refractivity contribution in [2.75, 3.05) is 0 Å². The molecule has 0 saturated carbocycles. The maximum absolute atomic E-state index is 9.69. The molecule has 1 aromatic rings. The molecule has 0 atom stereocenters. The molecule has 0 bridgehead atoms. The average Bonchev–Trinajstić information content (AvgIpc) is 2.24. The van der Waals surface area contributed by atoms with Crippen LogP contribution < -0.4 is 0 Å². The Morgan fingerprint density at radius 2 is 0.857 bits per heavy atom. The predicted octanol–water partition coefficient (Wildman–Crippen LogP) is 4.71. The Kier molecular flexibility index (Phi) is 6.36. The molecule has 0 aliphatic heterocycles. The molecular formula is C11H16I2O. The molecule has 1 rings (SSSR count). The van der Waals surface area contributed by atoms with Crippen molar-refractivity contribution < 1.29 is 5.11 Å². The van der Waals surface area contributed by atoms with Crippen LogP contribution in [-0.2, 0) is 0 Å². The SMILES string of the molecule is Cc1c(C)c(C)c(O)c(C)c1C.II. The Morgan fingerprint density at radius 3 is 1.14 bits per heavy atom. The van der Waals surface area contributed by atoms with Crippen molar-refractivity contribution in [1.29, 1.82) is 0 Å². The second-order valence-corrected chi connectivity index (χ2v) is 3.47. The Labute approximate surface area is 110 Å². The topological polar surface area (TPSA) is 20.2 Å². The van der Waals surface area contributed by atoms with Gasteiger partial charge in [0.2, 0.25) is 0 Å². The number of phenols is 1. The molecule has 80 valence electrons. The van der Waals surface area contributed by atoms with Gasteiger partial charge in [0.15, 0.2) is 0 Å². The second-order valence-electron chi connectivity index (χ2n) is 3.47. The molecule has 0 unspecified atom stereocenters. The van der Waals surface area contributed by atoms with Crippen molar-refractivity contribution in [1.82, 2.24) is 0 Å². The van der Waals surface area contributed by atoms with E-state index in [1.807, 2.05) is 13.8 Å². The number of hydrogen-bond donors (Lipinski definition) is 1. The van der Waals surface area contributed by atoms with Crippen LogP contribution in [0, 0.1) is 34.6 Å². The Hall–Kier alpha value is 0.480. The normalized spacial score (nSPS) is 9.36. The average molecular weight is 418 g/mol. The van der Waals surface area contributed by atoms with Gasteiger partial charge in [-0.15, -0.1) is 0 Å². The highest BCUT2D eigenvalue weighted by molar-refractivity contribution is 15.0. The summed E-state index contributed by atoms with van der Waals surface area (Å²) in [6.07, 6.45) is 0. The van der Waals surface area contributed by atoms with Crippen molar-refractivity contribution in [2.24, 2.45) is 0 Å². The van der Waals surface area contributed by atoms with E-state index in [0.29, 0.717) is 5.75 Å². The highest BCUT2D eigenvalue weighted by Crippen LogP contribution is 2.30. The van der Waals surface area contributed by atoms with Crippen LogP contribution in [0.5, 0.6) is 5.75 Å². The molecular weight excluding hydrogens is 402 g/mol. The molecule has 0 spiro atoms. The summed E-state index contributed by atoms with van der Waals surface area (Å²) in [6, 6.07) is 0. The van der Waals surface area contributed by atoms with Crippen LogP contribution in [-0.4, -0.2) is 5.11 Å². The van der Waals surface area contributed by atoms with Crippen LogP contribution in [0.25, 0.3) is 0 Å². The lowest BCUT2D eigenvalue weighted by Gasteiger charge is -2.13. The second kappa shape index (κ2) is 6.15. The fraction of sp³-hybridized carbons (Fsp3) is 0.455. The maximum atomic E-state index is 9.69. The molecule has 1 N–H and O–H groups in total. The summed E-state index contributed by atoms with van der Waals surface area (Å²) >= 11 is 4.24. The third kappa shape index (κ3) is 2.74. The Morgan fingerprint density at radius 1 is 0.643 bits per heavy atom. The van der Waals surface area contributed by atoms with Gasteiger partial charge in [-0.05, 0) is 62.4 Å². The van der Waals surface area contributed by atoms with Gasteiger partial charge in [-0.1, -0.05) is 0 Å². The minimum atomic E-state index is 0.454. The highest BCUT2D eigenvalue weighted by atomic mass is 128. The van der Waals surface area contributed by atoms with Crippen LogP contribution in [0.3, 0.4) is 0 Å². The van der Waals surface area contributed by atoms with Crippen LogP contribution in [0.1, 0.15) is 27.8 Å². The van der Waals surface area contributed by atoms with E-state index in [1.54, 1.807) is 0 Å². The van der Waals surface area contributed by atoms with Gasteiger partial charge in [-0.3, -0.25) is 0 Å². The number of phenolic OH excluding ortho intramolecular Hbond substituents is 1. The molecule has 0 aliphatic carbocycles. The van der Waals surface area contributed by atoms with E-state index >= 15 is 0 Å². The fourth-order valence-electron chi connectivity index (χ4n) is 1.48. The molecule has 0 fully saturated rings. The molecule has 1 aromatic carbocycles. The van der Waals surface area contributed by atoms with Gasteiger partial charge in [-0.25, -0.2) is 0 Å². The molecule has 14 heavy (non-hydrogen) atoms. The minimum absolute atomic E-state index is 0.454. The third-order valence-corrected chi connectivity index (χ3v) is 2.96. The summed E-state index contributed by atoms with van der Waals surface area (Å²) in [6.45, 7) is 10.1. The van der Waals surface area contributed by atoms with Crippen molar-refractivity contribution in [2.45, 2.75) is 34.6 Å². The lowest BCUT2D eigenvalue weighted by Crippen LogP contribution is -1.95. The number of rotatable bonds is 0. The van der Waals surface area contributed by atoms with Crippen LogP contribution in [0.4, 0.5) is 0 Å². The lowest BCUT2D eigenvalue weighted by molar-refractivity contribution is 0.465. The van der Waals surface area contributed by atoms with Gasteiger partial charge in [0, 0.05) is 37.2 Å². The standard InChI is InChI=1S/C11H16O.I2/c1-6-7(2)9(4)11(12)10(5)8(6)3;1-2/h12H,1-5H3;. The first-order valence-corrected chi connectivity index (χ1v) is 10.7. The van der Waals surface area contributed by atoms with Crippen molar-refractivity contribution in [3.63, 3.8) is 0 Å². The number of benzene rings is 1.